The van der Waals surface area contributed by atoms with Gasteiger partial charge in [-0.1, -0.05) is 54.6 Å². The molecule has 2 amide bonds. The van der Waals surface area contributed by atoms with Gasteiger partial charge in [0.1, 0.15) is 12.4 Å². The molecule has 1 fully saturated rings. The highest BCUT2D eigenvalue weighted by atomic mass is 19.1. The van der Waals surface area contributed by atoms with Crippen LogP contribution < -0.4 is 10.6 Å². The second-order valence-corrected chi connectivity index (χ2v) is 8.06. The molecule has 2 aliphatic carbocycles. The third-order valence-electron chi connectivity index (χ3n) is 6.08. The van der Waals surface area contributed by atoms with Crippen molar-refractivity contribution in [2.75, 3.05) is 6.67 Å². The van der Waals surface area contributed by atoms with Gasteiger partial charge in [0.15, 0.2) is 0 Å². The molecule has 0 radical (unpaired) electrons. The Morgan fingerprint density at radius 3 is 2.19 bits per heavy atom. The van der Waals surface area contributed by atoms with Crippen LogP contribution in [0.3, 0.4) is 0 Å². The van der Waals surface area contributed by atoms with Crippen LogP contribution in [0.2, 0.25) is 0 Å². The fourth-order valence-corrected chi connectivity index (χ4v) is 4.55. The van der Waals surface area contributed by atoms with Gasteiger partial charge in [-0.3, -0.25) is 0 Å². The lowest BCUT2D eigenvalue weighted by molar-refractivity contribution is 0.0810. The zero-order chi connectivity index (χ0) is 21.6. The number of allylic oxidation sites excluding steroid dienone is 3. The van der Waals surface area contributed by atoms with Crippen LogP contribution in [0.5, 0.6) is 0 Å². The highest BCUT2D eigenvalue weighted by molar-refractivity contribution is 5.82. The second-order valence-electron chi connectivity index (χ2n) is 8.06. The Bertz CT molecular complexity index is 931. The van der Waals surface area contributed by atoms with Gasteiger partial charge in [-0.2, -0.15) is 0 Å². The number of hydrogen-bond donors (Lipinski definition) is 2. The van der Waals surface area contributed by atoms with Crippen molar-refractivity contribution in [3.05, 3.63) is 83.6 Å². The average Bonchev–Trinajstić information content (AvgIpc) is 3.11. The molecule has 0 unspecified atom stereocenters. The average molecular weight is 421 g/mol. The van der Waals surface area contributed by atoms with Crippen molar-refractivity contribution in [3.8, 4) is 11.1 Å². The Morgan fingerprint density at radius 1 is 1.00 bits per heavy atom. The molecular weight excluding hydrogens is 391 g/mol. The lowest BCUT2D eigenvalue weighted by atomic mass is 9.93. The van der Waals surface area contributed by atoms with E-state index in [1.807, 2.05) is 37.3 Å². The number of ether oxygens (including phenoxy) is 1. The smallest absolute Gasteiger partial charge is 0.315 e. The molecule has 2 aromatic rings. The molecule has 5 heteroatoms. The minimum absolute atomic E-state index is 0.102. The van der Waals surface area contributed by atoms with Crippen LogP contribution in [0.1, 0.15) is 49.8 Å². The fourth-order valence-electron chi connectivity index (χ4n) is 4.55. The number of amides is 2. The number of benzene rings is 2. The van der Waals surface area contributed by atoms with E-state index in [1.54, 1.807) is 6.08 Å². The molecule has 4 rings (SSSR count). The maximum Gasteiger partial charge on any atom is 0.315 e. The number of halogens is 1. The predicted octanol–water partition coefficient (Wildman–Crippen LogP) is 5.81. The maximum absolute atomic E-state index is 12.8. The molecule has 2 aromatic carbocycles. The van der Waals surface area contributed by atoms with Crippen molar-refractivity contribution in [1.82, 2.24) is 10.6 Å². The zero-order valence-electron chi connectivity index (χ0n) is 17.8. The highest BCUT2D eigenvalue weighted by Crippen LogP contribution is 2.42. The predicted molar refractivity (Wildman–Crippen MR) is 121 cm³/mol. The summed E-state index contributed by atoms with van der Waals surface area (Å²) in [6, 6.07) is 16.3. The number of urea groups is 1. The lowest BCUT2D eigenvalue weighted by Crippen LogP contribution is -2.45. The first-order valence-corrected chi connectivity index (χ1v) is 11.0. The van der Waals surface area contributed by atoms with E-state index in [0.717, 1.165) is 36.8 Å². The zero-order valence-corrected chi connectivity index (χ0v) is 17.8. The van der Waals surface area contributed by atoms with E-state index in [9.17, 15) is 9.18 Å². The van der Waals surface area contributed by atoms with Crippen LogP contribution in [0, 0.1) is 0 Å². The number of rotatable bonds is 6. The summed E-state index contributed by atoms with van der Waals surface area (Å²) < 4.78 is 18.3. The van der Waals surface area contributed by atoms with Crippen LogP contribution in [-0.2, 0) is 4.74 Å². The van der Waals surface area contributed by atoms with Crippen molar-refractivity contribution in [2.45, 2.75) is 50.8 Å². The third kappa shape index (κ3) is 4.82. The SMILES string of the molecule is C/C=C(\C=C/CF)OC1CCC(NC(=O)NC2c3ccccc3-c3ccccc32)CC1. The molecule has 0 heterocycles. The highest BCUT2D eigenvalue weighted by Gasteiger charge is 2.30. The van der Waals surface area contributed by atoms with E-state index in [0.29, 0.717) is 5.76 Å². The van der Waals surface area contributed by atoms with Gasteiger partial charge in [-0.15, -0.1) is 0 Å². The molecule has 0 bridgehead atoms. The summed E-state index contributed by atoms with van der Waals surface area (Å²) in [6.45, 7) is 1.39. The standard InChI is InChI=1S/C26H29FN2O2/c1-2-19(8-7-17-27)31-20-15-13-18(14-16-20)28-26(30)29-25-23-11-5-3-9-21(23)22-10-4-6-12-24(22)25/h2-12,18,20,25H,13-17H2,1H3,(H2,28,29,30)/b8-7-,19-2+. The summed E-state index contributed by atoms with van der Waals surface area (Å²) in [6.07, 6.45) is 8.52. The topological polar surface area (TPSA) is 50.4 Å². The Hall–Kier alpha value is -3.08. The molecule has 1 saturated carbocycles. The summed E-state index contributed by atoms with van der Waals surface area (Å²) in [7, 11) is 0. The Balaban J connectivity index is 1.32. The Kier molecular flexibility index (Phi) is 6.70. The summed E-state index contributed by atoms with van der Waals surface area (Å²) in [5.74, 6) is 0.699. The number of nitrogens with one attached hydrogen (secondary N) is 2. The largest absolute Gasteiger partial charge is 0.491 e. The normalized spacial score (nSPS) is 20.9. The van der Waals surface area contributed by atoms with E-state index >= 15 is 0 Å². The fraction of sp³-hybridized carbons (Fsp3) is 0.346. The van der Waals surface area contributed by atoms with Crippen LogP contribution in [-0.4, -0.2) is 24.9 Å². The second kappa shape index (κ2) is 9.82. The van der Waals surface area contributed by atoms with Gasteiger partial charge in [-0.05, 0) is 67.0 Å². The molecule has 4 nitrogen and oxygen atoms in total. The molecule has 0 atom stereocenters. The summed E-state index contributed by atoms with van der Waals surface area (Å²) in [5.41, 5.74) is 4.64. The van der Waals surface area contributed by atoms with Crippen LogP contribution in [0.25, 0.3) is 11.1 Å². The van der Waals surface area contributed by atoms with E-state index in [4.69, 9.17) is 4.74 Å². The van der Waals surface area contributed by atoms with Gasteiger partial charge in [0.05, 0.1) is 12.1 Å². The van der Waals surface area contributed by atoms with Gasteiger partial charge in [-0.25, -0.2) is 9.18 Å². The summed E-state index contributed by atoms with van der Waals surface area (Å²) in [4.78, 5) is 12.8. The minimum atomic E-state index is -0.498. The first-order chi connectivity index (χ1) is 15.2. The van der Waals surface area contributed by atoms with E-state index in [-0.39, 0.29) is 24.2 Å². The summed E-state index contributed by atoms with van der Waals surface area (Å²) >= 11 is 0. The third-order valence-corrected chi connectivity index (χ3v) is 6.08. The van der Waals surface area contributed by atoms with Crippen molar-refractivity contribution in [1.29, 1.82) is 0 Å². The van der Waals surface area contributed by atoms with Crippen LogP contribution in [0.15, 0.2) is 72.5 Å². The molecule has 162 valence electrons. The molecule has 0 saturated heterocycles. The molecule has 0 aliphatic heterocycles. The Morgan fingerprint density at radius 2 is 1.61 bits per heavy atom. The van der Waals surface area contributed by atoms with E-state index in [1.165, 1.54) is 17.2 Å². The van der Waals surface area contributed by atoms with Gasteiger partial charge < -0.3 is 15.4 Å². The first kappa shape index (κ1) is 21.2. The van der Waals surface area contributed by atoms with Crippen molar-refractivity contribution in [3.63, 3.8) is 0 Å². The quantitative estimate of drug-likeness (QED) is 0.457. The number of carbonyl (C=O) groups excluding carboxylic acids is 1. The number of carbonyl (C=O) groups is 1. The lowest BCUT2D eigenvalue weighted by Gasteiger charge is -2.30. The van der Waals surface area contributed by atoms with Crippen molar-refractivity contribution < 1.29 is 13.9 Å². The van der Waals surface area contributed by atoms with E-state index < -0.39 is 6.67 Å². The Labute approximate surface area is 183 Å². The molecule has 0 spiro atoms. The molecule has 2 N–H and O–H groups in total. The molecular formula is C26H29FN2O2. The van der Waals surface area contributed by atoms with Gasteiger partial charge in [0.2, 0.25) is 0 Å². The van der Waals surface area contributed by atoms with E-state index in [2.05, 4.69) is 34.9 Å². The molecule has 0 aromatic heterocycles. The van der Waals surface area contributed by atoms with Crippen molar-refractivity contribution >= 4 is 6.03 Å². The van der Waals surface area contributed by atoms with Gasteiger partial charge in [0, 0.05) is 6.04 Å². The minimum Gasteiger partial charge on any atom is -0.491 e. The van der Waals surface area contributed by atoms with Crippen molar-refractivity contribution in [2.24, 2.45) is 0 Å². The number of fused-ring (bicyclic) bond motifs is 3. The molecule has 31 heavy (non-hydrogen) atoms. The monoisotopic (exact) mass is 420 g/mol. The van der Waals surface area contributed by atoms with Crippen LogP contribution in [0.4, 0.5) is 9.18 Å². The maximum atomic E-state index is 12.8. The molecule has 2 aliphatic rings. The van der Waals surface area contributed by atoms with Gasteiger partial charge >= 0.3 is 6.03 Å². The number of alkyl halides is 1. The van der Waals surface area contributed by atoms with Gasteiger partial charge in [0.25, 0.3) is 0 Å². The first-order valence-electron chi connectivity index (χ1n) is 11.0. The number of hydrogen-bond acceptors (Lipinski definition) is 2. The summed E-state index contributed by atoms with van der Waals surface area (Å²) in [5, 5.41) is 6.32. The van der Waals surface area contributed by atoms with Crippen LogP contribution >= 0.6 is 0 Å².